The van der Waals surface area contributed by atoms with Gasteiger partial charge in [0, 0.05) is 12.6 Å². The minimum atomic E-state index is -0.900. The van der Waals surface area contributed by atoms with E-state index in [9.17, 15) is 9.59 Å². The lowest BCUT2D eigenvalue weighted by Crippen LogP contribution is -2.58. The molecular formula is C11H23N3O2. The lowest BCUT2D eigenvalue weighted by Gasteiger charge is -2.26. The Morgan fingerprint density at radius 1 is 1.25 bits per heavy atom. The highest BCUT2D eigenvalue weighted by Crippen LogP contribution is 2.03. The Balaban J connectivity index is 4.30. The van der Waals surface area contributed by atoms with Gasteiger partial charge in [0.1, 0.15) is 5.54 Å². The van der Waals surface area contributed by atoms with Crippen LogP contribution in [0.15, 0.2) is 0 Å². The van der Waals surface area contributed by atoms with Gasteiger partial charge in [-0.1, -0.05) is 6.92 Å². The van der Waals surface area contributed by atoms with Crippen LogP contribution in [0.25, 0.3) is 0 Å². The maximum Gasteiger partial charge on any atom is 0.315 e. The average molecular weight is 229 g/mol. The van der Waals surface area contributed by atoms with E-state index in [1.165, 1.54) is 0 Å². The minimum Gasteiger partial charge on any atom is -0.352 e. The van der Waals surface area contributed by atoms with Gasteiger partial charge in [0.15, 0.2) is 0 Å². The van der Waals surface area contributed by atoms with Crippen LogP contribution in [0.4, 0.5) is 4.79 Å². The third-order valence-corrected chi connectivity index (χ3v) is 2.32. The van der Waals surface area contributed by atoms with Crippen molar-refractivity contribution in [2.24, 2.45) is 0 Å². The molecule has 0 aliphatic heterocycles. The van der Waals surface area contributed by atoms with E-state index in [0.717, 1.165) is 6.42 Å². The third kappa shape index (κ3) is 5.00. The molecule has 0 unspecified atom stereocenters. The van der Waals surface area contributed by atoms with Crippen molar-refractivity contribution in [3.8, 4) is 0 Å². The summed E-state index contributed by atoms with van der Waals surface area (Å²) in [7, 11) is 0. The van der Waals surface area contributed by atoms with Gasteiger partial charge in [-0.15, -0.1) is 0 Å². The van der Waals surface area contributed by atoms with Crippen molar-refractivity contribution >= 4 is 11.9 Å². The van der Waals surface area contributed by atoms with Crippen LogP contribution in [0, 0.1) is 0 Å². The number of carbonyl (C=O) groups is 2. The Kier molecular flexibility index (Phi) is 5.85. The van der Waals surface area contributed by atoms with Crippen molar-refractivity contribution in [3.63, 3.8) is 0 Å². The molecule has 0 spiro atoms. The number of amides is 3. The molecule has 0 saturated heterocycles. The van der Waals surface area contributed by atoms with Gasteiger partial charge in [-0.25, -0.2) is 4.79 Å². The summed E-state index contributed by atoms with van der Waals surface area (Å²) < 4.78 is 0. The van der Waals surface area contributed by atoms with Gasteiger partial charge in [0.2, 0.25) is 5.91 Å². The molecule has 0 bridgehead atoms. The smallest absolute Gasteiger partial charge is 0.315 e. The molecule has 94 valence electrons. The second-order valence-corrected chi connectivity index (χ2v) is 4.39. The first-order chi connectivity index (χ1) is 7.33. The van der Waals surface area contributed by atoms with E-state index in [4.69, 9.17) is 0 Å². The van der Waals surface area contributed by atoms with E-state index in [0.29, 0.717) is 6.54 Å². The highest BCUT2D eigenvalue weighted by Gasteiger charge is 2.29. The molecule has 0 aliphatic rings. The van der Waals surface area contributed by atoms with Crippen molar-refractivity contribution < 1.29 is 9.59 Å². The summed E-state index contributed by atoms with van der Waals surface area (Å²) >= 11 is 0. The zero-order valence-corrected chi connectivity index (χ0v) is 10.8. The second kappa shape index (κ2) is 6.35. The predicted octanol–water partition coefficient (Wildman–Crippen LogP) is 0.999. The first kappa shape index (κ1) is 14.7. The van der Waals surface area contributed by atoms with E-state index >= 15 is 0 Å². The van der Waals surface area contributed by atoms with E-state index in [-0.39, 0.29) is 18.0 Å². The number of carbonyl (C=O) groups excluding carboxylic acids is 2. The van der Waals surface area contributed by atoms with E-state index < -0.39 is 5.54 Å². The Hall–Kier alpha value is -1.26. The van der Waals surface area contributed by atoms with Crippen molar-refractivity contribution in [2.75, 3.05) is 6.54 Å². The Bertz CT molecular complexity index is 252. The lowest BCUT2D eigenvalue weighted by atomic mass is 10.0. The number of nitrogens with one attached hydrogen (secondary N) is 3. The van der Waals surface area contributed by atoms with E-state index in [1.807, 2.05) is 20.8 Å². The number of rotatable bonds is 5. The van der Waals surface area contributed by atoms with Crippen molar-refractivity contribution in [3.05, 3.63) is 0 Å². The topological polar surface area (TPSA) is 70.2 Å². The van der Waals surface area contributed by atoms with Crippen LogP contribution >= 0.6 is 0 Å². The van der Waals surface area contributed by atoms with Crippen molar-refractivity contribution in [2.45, 2.75) is 52.6 Å². The summed E-state index contributed by atoms with van der Waals surface area (Å²) in [4.78, 5) is 23.1. The van der Waals surface area contributed by atoms with E-state index in [2.05, 4.69) is 16.0 Å². The largest absolute Gasteiger partial charge is 0.352 e. The van der Waals surface area contributed by atoms with Crippen LogP contribution in [-0.2, 0) is 4.79 Å². The van der Waals surface area contributed by atoms with Crippen LogP contribution in [-0.4, -0.2) is 30.1 Å². The Labute approximate surface area is 97.4 Å². The van der Waals surface area contributed by atoms with Crippen LogP contribution in [0.5, 0.6) is 0 Å². The SMILES string of the molecule is CCNC(=O)NC(C)(C)C(=O)N[C@@H](C)CC. The molecule has 0 fully saturated rings. The molecule has 0 heterocycles. The molecule has 5 nitrogen and oxygen atoms in total. The van der Waals surface area contributed by atoms with Crippen LogP contribution in [0.2, 0.25) is 0 Å². The van der Waals surface area contributed by atoms with Gasteiger partial charge >= 0.3 is 6.03 Å². The molecule has 16 heavy (non-hydrogen) atoms. The molecule has 0 radical (unpaired) electrons. The third-order valence-electron chi connectivity index (χ3n) is 2.32. The lowest BCUT2D eigenvalue weighted by molar-refractivity contribution is -0.126. The molecule has 0 saturated carbocycles. The van der Waals surface area contributed by atoms with Gasteiger partial charge < -0.3 is 16.0 Å². The molecule has 0 aromatic heterocycles. The molecule has 0 rings (SSSR count). The van der Waals surface area contributed by atoms with Crippen LogP contribution < -0.4 is 16.0 Å². The summed E-state index contributed by atoms with van der Waals surface area (Å²) in [6, 6.07) is -0.213. The summed E-state index contributed by atoms with van der Waals surface area (Å²) in [6.07, 6.45) is 0.864. The van der Waals surface area contributed by atoms with Gasteiger partial charge in [-0.2, -0.15) is 0 Å². The molecular weight excluding hydrogens is 206 g/mol. The fourth-order valence-electron chi connectivity index (χ4n) is 1.05. The molecule has 3 N–H and O–H groups in total. The Morgan fingerprint density at radius 3 is 2.25 bits per heavy atom. The molecule has 3 amide bonds. The summed E-state index contributed by atoms with van der Waals surface area (Å²) in [5.41, 5.74) is -0.900. The highest BCUT2D eigenvalue weighted by atomic mass is 16.2. The average Bonchev–Trinajstić information content (AvgIpc) is 2.16. The fraction of sp³-hybridized carbons (Fsp3) is 0.818. The quantitative estimate of drug-likeness (QED) is 0.658. The van der Waals surface area contributed by atoms with Crippen LogP contribution in [0.3, 0.4) is 0 Å². The van der Waals surface area contributed by atoms with Gasteiger partial charge in [0.25, 0.3) is 0 Å². The first-order valence-corrected chi connectivity index (χ1v) is 5.70. The van der Waals surface area contributed by atoms with Crippen molar-refractivity contribution in [1.29, 1.82) is 0 Å². The maximum atomic E-state index is 11.8. The van der Waals surface area contributed by atoms with E-state index in [1.54, 1.807) is 13.8 Å². The Morgan fingerprint density at radius 2 is 1.81 bits per heavy atom. The molecule has 0 aromatic carbocycles. The van der Waals surface area contributed by atoms with Gasteiger partial charge in [-0.05, 0) is 34.1 Å². The zero-order chi connectivity index (χ0) is 12.8. The standard InChI is InChI=1S/C11H23N3O2/c1-6-8(3)13-9(15)11(4,5)14-10(16)12-7-2/h8H,6-7H2,1-5H3,(H,13,15)(H2,12,14,16)/t8-/m0/s1. The summed E-state index contributed by atoms with van der Waals surface area (Å²) in [5.74, 6) is -0.173. The molecule has 5 heteroatoms. The van der Waals surface area contributed by atoms with Crippen molar-refractivity contribution in [1.82, 2.24) is 16.0 Å². The first-order valence-electron chi connectivity index (χ1n) is 5.70. The van der Waals surface area contributed by atoms with Crippen LogP contribution in [0.1, 0.15) is 41.0 Å². The summed E-state index contributed by atoms with van der Waals surface area (Å²) in [5, 5.41) is 8.05. The van der Waals surface area contributed by atoms with Gasteiger partial charge in [-0.3, -0.25) is 4.79 Å². The van der Waals surface area contributed by atoms with Gasteiger partial charge in [0.05, 0.1) is 0 Å². The maximum absolute atomic E-state index is 11.8. The monoisotopic (exact) mass is 229 g/mol. The molecule has 0 aliphatic carbocycles. The molecule has 1 atom stereocenters. The summed E-state index contributed by atoms with van der Waals surface area (Å²) in [6.45, 7) is 9.65. The number of hydrogen-bond donors (Lipinski definition) is 3. The second-order valence-electron chi connectivity index (χ2n) is 4.39. The highest BCUT2D eigenvalue weighted by molar-refractivity contribution is 5.90. The fourth-order valence-corrected chi connectivity index (χ4v) is 1.05. The minimum absolute atomic E-state index is 0.114. The number of urea groups is 1. The molecule has 0 aromatic rings. The number of hydrogen-bond acceptors (Lipinski definition) is 2. The normalized spacial score (nSPS) is 12.8. The zero-order valence-electron chi connectivity index (χ0n) is 10.8. The predicted molar refractivity (Wildman–Crippen MR) is 64.2 cm³/mol.